The molecule has 4 rings (SSSR count). The third-order valence-corrected chi connectivity index (χ3v) is 4.57. The Morgan fingerprint density at radius 2 is 1.87 bits per heavy atom. The molecule has 0 amide bonds. The van der Waals surface area contributed by atoms with Crippen LogP contribution in [0.4, 0.5) is 0 Å². The average molecular weight is 304 g/mol. The minimum atomic E-state index is 0.696. The van der Waals surface area contributed by atoms with Gasteiger partial charge in [-0.25, -0.2) is 4.68 Å². The van der Waals surface area contributed by atoms with Crippen LogP contribution >= 0.6 is 0 Å². The smallest absolute Gasteiger partial charge is 0.128 e. The molecule has 0 aliphatic carbocycles. The SMILES string of the molecule is Cc1cccc(-n2ncc3c2-c2cc(C)c(C)cc2OCC3)c1. The van der Waals surface area contributed by atoms with Gasteiger partial charge in [0.15, 0.2) is 0 Å². The van der Waals surface area contributed by atoms with Crippen molar-refractivity contribution in [1.29, 1.82) is 0 Å². The Labute approximate surface area is 136 Å². The molecule has 2 heterocycles. The summed E-state index contributed by atoms with van der Waals surface area (Å²) in [6.45, 7) is 7.08. The summed E-state index contributed by atoms with van der Waals surface area (Å²) in [4.78, 5) is 0. The molecule has 0 atom stereocenters. The molecule has 0 fully saturated rings. The number of rotatable bonds is 1. The van der Waals surface area contributed by atoms with Crippen molar-refractivity contribution in [1.82, 2.24) is 9.78 Å². The largest absolute Gasteiger partial charge is 0.493 e. The van der Waals surface area contributed by atoms with Gasteiger partial charge in [-0.05, 0) is 61.7 Å². The van der Waals surface area contributed by atoms with Crippen LogP contribution in [0.5, 0.6) is 5.75 Å². The van der Waals surface area contributed by atoms with Crippen LogP contribution in [0.25, 0.3) is 16.9 Å². The lowest BCUT2D eigenvalue weighted by Gasteiger charge is -2.14. The summed E-state index contributed by atoms with van der Waals surface area (Å²) in [5, 5.41) is 4.66. The van der Waals surface area contributed by atoms with Gasteiger partial charge in [-0.3, -0.25) is 0 Å². The van der Waals surface area contributed by atoms with Crippen LogP contribution in [-0.2, 0) is 6.42 Å². The van der Waals surface area contributed by atoms with Crippen molar-refractivity contribution in [2.75, 3.05) is 6.61 Å². The summed E-state index contributed by atoms with van der Waals surface area (Å²) in [6.07, 6.45) is 2.86. The molecule has 0 radical (unpaired) electrons. The average Bonchev–Trinajstić information content (AvgIpc) is 2.87. The molecule has 0 saturated carbocycles. The number of aromatic nitrogens is 2. The van der Waals surface area contributed by atoms with Crippen molar-refractivity contribution in [3.63, 3.8) is 0 Å². The Kier molecular flexibility index (Phi) is 3.22. The maximum atomic E-state index is 6.00. The highest BCUT2D eigenvalue weighted by molar-refractivity contribution is 5.74. The molecule has 0 N–H and O–H groups in total. The third-order valence-electron chi connectivity index (χ3n) is 4.57. The summed E-state index contributed by atoms with van der Waals surface area (Å²) in [6, 6.07) is 12.8. The molecule has 3 aromatic rings. The minimum Gasteiger partial charge on any atom is -0.493 e. The molecule has 1 aliphatic heterocycles. The van der Waals surface area contributed by atoms with Crippen LogP contribution in [0.2, 0.25) is 0 Å². The maximum Gasteiger partial charge on any atom is 0.128 e. The Balaban J connectivity index is 1.98. The van der Waals surface area contributed by atoms with Crippen LogP contribution < -0.4 is 4.74 Å². The molecule has 0 saturated heterocycles. The highest BCUT2D eigenvalue weighted by Gasteiger charge is 2.22. The zero-order valence-corrected chi connectivity index (χ0v) is 13.8. The van der Waals surface area contributed by atoms with E-state index in [1.165, 1.54) is 22.3 Å². The van der Waals surface area contributed by atoms with Gasteiger partial charge in [-0.2, -0.15) is 5.10 Å². The van der Waals surface area contributed by atoms with Gasteiger partial charge in [-0.15, -0.1) is 0 Å². The fourth-order valence-electron chi connectivity index (χ4n) is 3.17. The molecule has 23 heavy (non-hydrogen) atoms. The van der Waals surface area contributed by atoms with Crippen LogP contribution in [-0.4, -0.2) is 16.4 Å². The first-order valence-electron chi connectivity index (χ1n) is 8.02. The topological polar surface area (TPSA) is 27.1 Å². The molecule has 1 aliphatic rings. The van der Waals surface area contributed by atoms with E-state index in [2.05, 4.69) is 62.3 Å². The zero-order chi connectivity index (χ0) is 16.0. The molecule has 3 heteroatoms. The quantitative estimate of drug-likeness (QED) is 0.666. The first-order valence-corrected chi connectivity index (χ1v) is 8.02. The molecule has 1 aromatic heterocycles. The van der Waals surface area contributed by atoms with E-state index in [0.29, 0.717) is 6.61 Å². The second-order valence-corrected chi connectivity index (χ2v) is 6.30. The fraction of sp³-hybridized carbons (Fsp3) is 0.250. The van der Waals surface area contributed by atoms with Crippen molar-refractivity contribution in [2.24, 2.45) is 0 Å². The van der Waals surface area contributed by atoms with Gasteiger partial charge >= 0.3 is 0 Å². The van der Waals surface area contributed by atoms with E-state index < -0.39 is 0 Å². The van der Waals surface area contributed by atoms with Crippen LogP contribution in [0.1, 0.15) is 22.3 Å². The predicted octanol–water partition coefficient (Wildman–Crippen LogP) is 4.40. The second-order valence-electron chi connectivity index (χ2n) is 6.30. The highest BCUT2D eigenvalue weighted by atomic mass is 16.5. The highest BCUT2D eigenvalue weighted by Crippen LogP contribution is 2.38. The number of aryl methyl sites for hydroxylation is 3. The standard InChI is InChI=1S/C20H20N2O/c1-13-5-4-6-17(9-13)22-20-16(12-21-22)7-8-23-19-11-15(3)14(2)10-18(19)20/h4-6,9-12H,7-8H2,1-3H3. The Bertz CT molecular complexity index is 893. The molecule has 0 unspecified atom stereocenters. The number of hydrogen-bond acceptors (Lipinski definition) is 2. The van der Waals surface area contributed by atoms with Gasteiger partial charge in [0.25, 0.3) is 0 Å². The van der Waals surface area contributed by atoms with E-state index >= 15 is 0 Å². The Morgan fingerprint density at radius 1 is 1.04 bits per heavy atom. The second kappa shape index (κ2) is 5.27. The van der Waals surface area contributed by atoms with E-state index in [-0.39, 0.29) is 0 Å². The fourth-order valence-corrected chi connectivity index (χ4v) is 3.17. The summed E-state index contributed by atoms with van der Waals surface area (Å²) in [5.74, 6) is 0.959. The lowest BCUT2D eigenvalue weighted by atomic mass is 10.0. The molecule has 3 nitrogen and oxygen atoms in total. The third kappa shape index (κ3) is 2.33. The summed E-state index contributed by atoms with van der Waals surface area (Å²) in [7, 11) is 0. The molecular weight excluding hydrogens is 284 g/mol. The van der Waals surface area contributed by atoms with Crippen molar-refractivity contribution in [2.45, 2.75) is 27.2 Å². The number of benzene rings is 2. The number of hydrogen-bond donors (Lipinski definition) is 0. The zero-order valence-electron chi connectivity index (χ0n) is 13.8. The normalized spacial score (nSPS) is 13.0. The summed E-state index contributed by atoms with van der Waals surface area (Å²) < 4.78 is 8.04. The van der Waals surface area contributed by atoms with E-state index in [9.17, 15) is 0 Å². The van der Waals surface area contributed by atoms with E-state index in [0.717, 1.165) is 29.1 Å². The van der Waals surface area contributed by atoms with Crippen molar-refractivity contribution < 1.29 is 4.74 Å². The first kappa shape index (κ1) is 14.1. The van der Waals surface area contributed by atoms with Gasteiger partial charge in [0, 0.05) is 17.5 Å². The van der Waals surface area contributed by atoms with Gasteiger partial charge < -0.3 is 4.74 Å². The summed E-state index contributed by atoms with van der Waals surface area (Å²) in [5.41, 5.74) is 8.40. The van der Waals surface area contributed by atoms with Gasteiger partial charge in [0.05, 0.1) is 24.2 Å². The molecule has 116 valence electrons. The predicted molar refractivity (Wildman–Crippen MR) is 92.4 cm³/mol. The van der Waals surface area contributed by atoms with Gasteiger partial charge in [0.1, 0.15) is 5.75 Å². The Morgan fingerprint density at radius 3 is 2.70 bits per heavy atom. The minimum absolute atomic E-state index is 0.696. The number of ether oxygens (including phenoxy) is 1. The van der Waals surface area contributed by atoms with Gasteiger partial charge in [-0.1, -0.05) is 12.1 Å². The molecule has 0 spiro atoms. The number of nitrogens with zero attached hydrogens (tertiary/aromatic N) is 2. The first-order chi connectivity index (χ1) is 11.1. The maximum absolute atomic E-state index is 6.00. The van der Waals surface area contributed by atoms with Crippen LogP contribution in [0.3, 0.4) is 0 Å². The van der Waals surface area contributed by atoms with Crippen molar-refractivity contribution in [3.05, 3.63) is 64.8 Å². The molecule has 0 bridgehead atoms. The lowest BCUT2D eigenvalue weighted by molar-refractivity contribution is 0.326. The van der Waals surface area contributed by atoms with Crippen LogP contribution in [0, 0.1) is 20.8 Å². The molecule has 2 aromatic carbocycles. The summed E-state index contributed by atoms with van der Waals surface area (Å²) >= 11 is 0. The van der Waals surface area contributed by atoms with Crippen molar-refractivity contribution in [3.8, 4) is 22.7 Å². The van der Waals surface area contributed by atoms with E-state index in [1.54, 1.807) is 0 Å². The van der Waals surface area contributed by atoms with Crippen molar-refractivity contribution >= 4 is 0 Å². The van der Waals surface area contributed by atoms with E-state index in [1.807, 2.05) is 10.9 Å². The van der Waals surface area contributed by atoms with E-state index in [4.69, 9.17) is 4.74 Å². The number of fused-ring (bicyclic) bond motifs is 3. The van der Waals surface area contributed by atoms with Gasteiger partial charge in [0.2, 0.25) is 0 Å². The monoisotopic (exact) mass is 304 g/mol. The molecular formula is C20H20N2O. The lowest BCUT2D eigenvalue weighted by Crippen LogP contribution is -2.01. The Hall–Kier alpha value is -2.55. The van der Waals surface area contributed by atoms with Crippen LogP contribution in [0.15, 0.2) is 42.6 Å².